The zero-order chi connectivity index (χ0) is 14.9. The summed E-state index contributed by atoms with van der Waals surface area (Å²) in [4.78, 5) is 12.1. The molecule has 0 aliphatic carbocycles. The maximum absolute atomic E-state index is 12.1. The Hall–Kier alpha value is -1.37. The normalized spacial score (nSPS) is 14.2. The Morgan fingerprint density at radius 3 is 2.85 bits per heavy atom. The molecule has 0 fully saturated rings. The van der Waals surface area contributed by atoms with E-state index in [1.807, 2.05) is 12.1 Å². The summed E-state index contributed by atoms with van der Waals surface area (Å²) >= 11 is 3.38. The molecular weight excluding hydrogens is 326 g/mol. The molecule has 0 radical (unpaired) electrons. The summed E-state index contributed by atoms with van der Waals surface area (Å²) in [6, 6.07) is 5.51. The zero-order valence-corrected chi connectivity index (χ0v) is 12.8. The van der Waals surface area contributed by atoms with Gasteiger partial charge < -0.3 is 19.9 Å². The molecule has 0 aliphatic rings. The molecule has 5 nitrogen and oxygen atoms in total. The Kier molecular flexibility index (Phi) is 4.17. The average molecular weight is 342 g/mol. The molecule has 1 amide bonds. The minimum absolute atomic E-state index is 0.0531. The molecular formula is C14H16BrNO4. The number of aliphatic hydroxyl groups excluding tert-OH is 1. The molecule has 1 heterocycles. The molecule has 0 bridgehead atoms. The van der Waals surface area contributed by atoms with Crippen LogP contribution in [0.15, 0.2) is 27.1 Å². The lowest BCUT2D eigenvalue weighted by atomic mass is 10.1. The minimum Gasteiger partial charge on any atom is -0.451 e. The average Bonchev–Trinajstić information content (AvgIpc) is 2.74. The van der Waals surface area contributed by atoms with Crippen LogP contribution in [0.1, 0.15) is 23.0 Å². The lowest BCUT2D eigenvalue weighted by Gasteiger charge is -2.20. The predicted octanol–water partition coefficient (Wildman–Crippen LogP) is 1.98. The molecule has 0 saturated heterocycles. The summed E-state index contributed by atoms with van der Waals surface area (Å²) in [5.41, 5.74) is 0.0192. The van der Waals surface area contributed by atoms with Crippen molar-refractivity contribution in [1.29, 1.82) is 0 Å². The summed E-state index contributed by atoms with van der Waals surface area (Å²) in [5.74, 6) is -0.199. The topological polar surface area (TPSA) is 82.7 Å². The van der Waals surface area contributed by atoms with Crippen molar-refractivity contribution in [1.82, 2.24) is 5.32 Å². The van der Waals surface area contributed by atoms with Crippen LogP contribution in [0.5, 0.6) is 0 Å². The van der Waals surface area contributed by atoms with Crippen LogP contribution in [-0.2, 0) is 0 Å². The molecule has 1 aromatic carbocycles. The second-order valence-corrected chi connectivity index (χ2v) is 5.95. The number of nitrogens with one attached hydrogen (secondary N) is 1. The van der Waals surface area contributed by atoms with Gasteiger partial charge in [0.15, 0.2) is 5.76 Å². The number of halogens is 1. The molecule has 0 aliphatic heterocycles. The highest BCUT2D eigenvalue weighted by Gasteiger charge is 2.23. The van der Waals surface area contributed by atoms with E-state index in [0.29, 0.717) is 5.58 Å². The third kappa shape index (κ3) is 3.03. The number of hydrogen-bond donors (Lipinski definition) is 3. The van der Waals surface area contributed by atoms with Crippen LogP contribution in [0.2, 0.25) is 0 Å². The Balaban J connectivity index is 2.25. The second kappa shape index (κ2) is 5.55. The van der Waals surface area contributed by atoms with Crippen LogP contribution in [0.25, 0.3) is 11.0 Å². The molecule has 6 heteroatoms. The van der Waals surface area contributed by atoms with Crippen LogP contribution in [0.4, 0.5) is 0 Å². The fourth-order valence-electron chi connectivity index (χ4n) is 1.82. The van der Waals surface area contributed by atoms with Gasteiger partial charge in [-0.2, -0.15) is 0 Å². The number of aryl methyl sites for hydroxylation is 1. The largest absolute Gasteiger partial charge is 0.451 e. The lowest BCUT2D eigenvalue weighted by molar-refractivity contribution is 0.00300. The first-order chi connectivity index (χ1) is 9.34. The van der Waals surface area contributed by atoms with Crippen LogP contribution in [0.3, 0.4) is 0 Å². The first-order valence-electron chi connectivity index (χ1n) is 6.14. The highest BCUT2D eigenvalue weighted by Crippen LogP contribution is 2.28. The van der Waals surface area contributed by atoms with Crippen molar-refractivity contribution in [2.24, 2.45) is 0 Å². The van der Waals surface area contributed by atoms with Gasteiger partial charge in [0.1, 0.15) is 11.2 Å². The Morgan fingerprint density at radius 2 is 2.20 bits per heavy atom. The van der Waals surface area contributed by atoms with Crippen LogP contribution in [-0.4, -0.2) is 34.9 Å². The molecule has 2 rings (SSSR count). The smallest absolute Gasteiger partial charge is 0.287 e. The van der Waals surface area contributed by atoms with E-state index in [-0.39, 0.29) is 12.3 Å². The van der Waals surface area contributed by atoms with E-state index in [0.717, 1.165) is 15.4 Å². The van der Waals surface area contributed by atoms with Gasteiger partial charge in [-0.3, -0.25) is 4.79 Å². The van der Waals surface area contributed by atoms with E-state index in [2.05, 4.69) is 21.2 Å². The lowest BCUT2D eigenvalue weighted by Crippen LogP contribution is -2.43. The van der Waals surface area contributed by atoms with Crippen molar-refractivity contribution in [3.63, 3.8) is 0 Å². The van der Waals surface area contributed by atoms with Crippen molar-refractivity contribution < 1.29 is 19.4 Å². The Labute approximate surface area is 124 Å². The van der Waals surface area contributed by atoms with E-state index < -0.39 is 18.1 Å². The first-order valence-corrected chi connectivity index (χ1v) is 6.93. The van der Waals surface area contributed by atoms with Gasteiger partial charge >= 0.3 is 0 Å². The quantitative estimate of drug-likeness (QED) is 0.794. The summed E-state index contributed by atoms with van der Waals surface area (Å²) in [6.07, 6.45) is 0. The van der Waals surface area contributed by atoms with Crippen molar-refractivity contribution in [2.75, 3.05) is 13.2 Å². The maximum atomic E-state index is 12.1. The van der Waals surface area contributed by atoms with Gasteiger partial charge in [0, 0.05) is 22.0 Å². The number of carbonyl (C=O) groups is 1. The molecule has 20 heavy (non-hydrogen) atoms. The number of benzene rings is 1. The van der Waals surface area contributed by atoms with Crippen molar-refractivity contribution >= 4 is 32.8 Å². The molecule has 108 valence electrons. The zero-order valence-electron chi connectivity index (χ0n) is 11.2. The van der Waals surface area contributed by atoms with E-state index in [4.69, 9.17) is 9.52 Å². The summed E-state index contributed by atoms with van der Waals surface area (Å²) in [6.45, 7) is 2.76. The number of hydrogen-bond acceptors (Lipinski definition) is 4. The van der Waals surface area contributed by atoms with Gasteiger partial charge in [-0.25, -0.2) is 0 Å². The van der Waals surface area contributed by atoms with Crippen LogP contribution >= 0.6 is 15.9 Å². The third-order valence-corrected chi connectivity index (χ3v) is 3.57. The summed E-state index contributed by atoms with van der Waals surface area (Å²) in [7, 11) is 0. The molecule has 1 atom stereocenters. The fraction of sp³-hybridized carbons (Fsp3) is 0.357. The van der Waals surface area contributed by atoms with E-state index >= 15 is 0 Å². The molecule has 1 unspecified atom stereocenters. The van der Waals surface area contributed by atoms with Gasteiger partial charge in [0.05, 0.1) is 6.61 Å². The Morgan fingerprint density at radius 1 is 1.50 bits per heavy atom. The van der Waals surface area contributed by atoms with Crippen molar-refractivity contribution in [3.8, 4) is 0 Å². The second-order valence-electron chi connectivity index (χ2n) is 5.03. The van der Waals surface area contributed by atoms with Crippen molar-refractivity contribution in [3.05, 3.63) is 34.0 Å². The molecule has 0 saturated carbocycles. The van der Waals surface area contributed by atoms with Gasteiger partial charge in [0.2, 0.25) is 0 Å². The minimum atomic E-state index is -1.35. The first kappa shape index (κ1) is 15.0. The van der Waals surface area contributed by atoms with Gasteiger partial charge in [0.25, 0.3) is 5.91 Å². The highest BCUT2D eigenvalue weighted by molar-refractivity contribution is 9.10. The standard InChI is InChI=1S/C14H16BrNO4/c1-8-10-5-9(15)3-4-11(10)20-12(8)13(18)16-6-14(2,19)7-17/h3-5,17,19H,6-7H2,1-2H3,(H,16,18). The number of rotatable bonds is 4. The molecule has 1 aromatic heterocycles. The fourth-order valence-corrected chi connectivity index (χ4v) is 2.18. The highest BCUT2D eigenvalue weighted by atomic mass is 79.9. The number of furan rings is 1. The van der Waals surface area contributed by atoms with Gasteiger partial charge in [-0.15, -0.1) is 0 Å². The number of carbonyl (C=O) groups excluding carboxylic acids is 1. The number of fused-ring (bicyclic) bond motifs is 1. The predicted molar refractivity (Wildman–Crippen MR) is 78.7 cm³/mol. The Bertz CT molecular complexity index is 648. The third-order valence-electron chi connectivity index (χ3n) is 3.07. The van der Waals surface area contributed by atoms with Crippen LogP contribution < -0.4 is 5.32 Å². The van der Waals surface area contributed by atoms with Gasteiger partial charge in [-0.1, -0.05) is 15.9 Å². The van der Waals surface area contributed by atoms with E-state index in [1.165, 1.54) is 6.92 Å². The molecule has 0 spiro atoms. The summed E-state index contributed by atoms with van der Waals surface area (Å²) < 4.78 is 6.44. The van der Waals surface area contributed by atoms with E-state index in [9.17, 15) is 9.90 Å². The van der Waals surface area contributed by atoms with Crippen LogP contribution in [0, 0.1) is 6.92 Å². The molecule has 3 N–H and O–H groups in total. The van der Waals surface area contributed by atoms with Crippen molar-refractivity contribution in [2.45, 2.75) is 19.4 Å². The molecule has 2 aromatic rings. The number of aliphatic hydroxyl groups is 2. The number of amides is 1. The van der Waals surface area contributed by atoms with Gasteiger partial charge in [-0.05, 0) is 32.0 Å². The van der Waals surface area contributed by atoms with E-state index in [1.54, 1.807) is 13.0 Å². The monoisotopic (exact) mass is 341 g/mol. The SMILES string of the molecule is Cc1c(C(=O)NCC(C)(O)CO)oc2ccc(Br)cc12. The maximum Gasteiger partial charge on any atom is 0.287 e. The summed E-state index contributed by atoms with van der Waals surface area (Å²) in [5, 5.41) is 22.0.